The highest BCUT2D eigenvalue weighted by Crippen LogP contribution is 2.15. The Morgan fingerprint density at radius 3 is 1.39 bits per heavy atom. The highest BCUT2D eigenvalue weighted by molar-refractivity contribution is 5.71. The number of unbranched alkanes of at least 4 members (excludes halogenated alkanes) is 14. The Bertz CT molecular complexity index is 250. The molecule has 0 amide bonds. The quantitative estimate of drug-likeness (QED) is 0.211. The molecule has 0 saturated carbocycles. The van der Waals surface area contributed by atoms with Crippen molar-refractivity contribution in [1.29, 1.82) is 0 Å². The minimum atomic E-state index is -0.0598. The molecule has 0 aromatic heterocycles. The molecule has 2 nitrogen and oxygen atoms in total. The van der Waals surface area contributed by atoms with Gasteiger partial charge in [0, 0.05) is 0 Å². The molecular formula is C21H42O2. The van der Waals surface area contributed by atoms with Crippen LogP contribution in [0.2, 0.25) is 0 Å². The summed E-state index contributed by atoms with van der Waals surface area (Å²) in [7, 11) is 1.48. The van der Waals surface area contributed by atoms with Crippen LogP contribution in [-0.4, -0.2) is 13.1 Å². The molecule has 0 N–H and O–H groups in total. The second kappa shape index (κ2) is 17.8. The van der Waals surface area contributed by atoms with Gasteiger partial charge < -0.3 is 4.74 Å². The van der Waals surface area contributed by atoms with Gasteiger partial charge in [0.1, 0.15) is 0 Å². The molecule has 0 aliphatic heterocycles. The van der Waals surface area contributed by atoms with Gasteiger partial charge in [0.05, 0.1) is 13.0 Å². The van der Waals surface area contributed by atoms with Gasteiger partial charge >= 0.3 is 5.97 Å². The number of rotatable bonds is 17. The lowest BCUT2D eigenvalue weighted by atomic mass is 10.0. The van der Waals surface area contributed by atoms with E-state index < -0.39 is 0 Å². The fourth-order valence-corrected chi connectivity index (χ4v) is 3.14. The zero-order valence-corrected chi connectivity index (χ0v) is 16.2. The highest BCUT2D eigenvalue weighted by Gasteiger charge is 2.11. The average molecular weight is 327 g/mol. The molecule has 23 heavy (non-hydrogen) atoms. The first kappa shape index (κ1) is 22.5. The lowest BCUT2D eigenvalue weighted by Gasteiger charge is -2.08. The van der Waals surface area contributed by atoms with Crippen molar-refractivity contribution < 1.29 is 9.53 Å². The maximum atomic E-state index is 11.3. The van der Waals surface area contributed by atoms with Gasteiger partial charge in [0.2, 0.25) is 0 Å². The number of methoxy groups -OCH3 is 1. The smallest absolute Gasteiger partial charge is 0.308 e. The van der Waals surface area contributed by atoms with Crippen LogP contribution in [-0.2, 0) is 9.53 Å². The van der Waals surface area contributed by atoms with Gasteiger partial charge in [-0.2, -0.15) is 0 Å². The number of esters is 1. The minimum absolute atomic E-state index is 0.0598. The molecule has 0 bridgehead atoms. The van der Waals surface area contributed by atoms with Crippen LogP contribution >= 0.6 is 0 Å². The van der Waals surface area contributed by atoms with Gasteiger partial charge in [-0.05, 0) is 6.42 Å². The number of ether oxygens (including phenoxy) is 1. The van der Waals surface area contributed by atoms with Crippen LogP contribution in [0.1, 0.15) is 117 Å². The first-order valence-corrected chi connectivity index (χ1v) is 10.3. The first-order chi connectivity index (χ1) is 11.2. The third-order valence-electron chi connectivity index (χ3n) is 4.84. The molecule has 1 unspecified atom stereocenters. The van der Waals surface area contributed by atoms with E-state index in [0.29, 0.717) is 0 Å². The fourth-order valence-electron chi connectivity index (χ4n) is 3.14. The van der Waals surface area contributed by atoms with E-state index >= 15 is 0 Å². The Balaban J connectivity index is 3.09. The highest BCUT2D eigenvalue weighted by atomic mass is 16.5. The molecule has 0 spiro atoms. The van der Waals surface area contributed by atoms with E-state index in [1.165, 1.54) is 97.0 Å². The molecule has 0 saturated heterocycles. The molecule has 2 heteroatoms. The number of hydrogen-bond donors (Lipinski definition) is 0. The van der Waals surface area contributed by atoms with Crippen molar-refractivity contribution in [2.45, 2.75) is 117 Å². The standard InChI is InChI=1S/C21H42O2/c1-4-5-6-7-8-9-10-11-12-13-14-15-16-17-18-19-20(2)21(22)23-3/h20H,4-19H2,1-3H3. The van der Waals surface area contributed by atoms with Crippen molar-refractivity contribution in [2.24, 2.45) is 5.92 Å². The zero-order chi connectivity index (χ0) is 17.2. The molecule has 0 heterocycles. The van der Waals surface area contributed by atoms with Crippen LogP contribution in [0.4, 0.5) is 0 Å². The van der Waals surface area contributed by atoms with Crippen molar-refractivity contribution in [3.8, 4) is 0 Å². The van der Waals surface area contributed by atoms with Crippen molar-refractivity contribution >= 4 is 5.97 Å². The molecule has 138 valence electrons. The fraction of sp³-hybridized carbons (Fsp3) is 0.952. The maximum Gasteiger partial charge on any atom is 0.308 e. The third-order valence-corrected chi connectivity index (χ3v) is 4.84. The predicted octanol–water partition coefficient (Wildman–Crippen LogP) is 7.06. The Hall–Kier alpha value is -0.530. The summed E-state index contributed by atoms with van der Waals surface area (Å²) in [5.41, 5.74) is 0. The molecule has 0 aromatic carbocycles. The molecule has 0 rings (SSSR count). The van der Waals surface area contributed by atoms with Crippen LogP contribution in [0.15, 0.2) is 0 Å². The van der Waals surface area contributed by atoms with Crippen LogP contribution < -0.4 is 0 Å². The zero-order valence-electron chi connectivity index (χ0n) is 16.2. The van der Waals surface area contributed by atoms with Crippen molar-refractivity contribution in [1.82, 2.24) is 0 Å². The number of hydrogen-bond acceptors (Lipinski definition) is 2. The second-order valence-electron chi connectivity index (χ2n) is 7.16. The molecular weight excluding hydrogens is 284 g/mol. The third kappa shape index (κ3) is 16.1. The van der Waals surface area contributed by atoms with E-state index in [4.69, 9.17) is 4.74 Å². The molecule has 0 fully saturated rings. The minimum Gasteiger partial charge on any atom is -0.469 e. The van der Waals surface area contributed by atoms with Gasteiger partial charge in [-0.3, -0.25) is 4.79 Å². The predicted molar refractivity (Wildman–Crippen MR) is 101 cm³/mol. The molecule has 0 aliphatic carbocycles. The van der Waals surface area contributed by atoms with Crippen LogP contribution in [0.5, 0.6) is 0 Å². The summed E-state index contributed by atoms with van der Waals surface area (Å²) in [4.78, 5) is 11.3. The molecule has 0 aliphatic rings. The monoisotopic (exact) mass is 326 g/mol. The van der Waals surface area contributed by atoms with E-state index in [9.17, 15) is 4.79 Å². The summed E-state index contributed by atoms with van der Waals surface area (Å²) in [6, 6.07) is 0. The van der Waals surface area contributed by atoms with Gasteiger partial charge in [0.15, 0.2) is 0 Å². The van der Waals surface area contributed by atoms with Crippen molar-refractivity contribution in [3.05, 3.63) is 0 Å². The van der Waals surface area contributed by atoms with E-state index in [1.54, 1.807) is 0 Å². The van der Waals surface area contributed by atoms with Crippen molar-refractivity contribution in [3.63, 3.8) is 0 Å². The van der Waals surface area contributed by atoms with E-state index in [-0.39, 0.29) is 11.9 Å². The first-order valence-electron chi connectivity index (χ1n) is 10.3. The summed E-state index contributed by atoms with van der Waals surface area (Å²) in [6.45, 7) is 4.25. The second-order valence-corrected chi connectivity index (χ2v) is 7.16. The number of carbonyl (C=O) groups is 1. The largest absolute Gasteiger partial charge is 0.469 e. The van der Waals surface area contributed by atoms with Crippen LogP contribution in [0.3, 0.4) is 0 Å². The summed E-state index contributed by atoms with van der Waals surface area (Å²) in [5.74, 6) is 0.0114. The van der Waals surface area contributed by atoms with E-state index in [1.807, 2.05) is 6.92 Å². The Morgan fingerprint density at radius 2 is 1.04 bits per heavy atom. The summed E-state index contributed by atoms with van der Waals surface area (Å²) in [5, 5.41) is 0. The average Bonchev–Trinajstić information content (AvgIpc) is 2.57. The molecule has 1 atom stereocenters. The maximum absolute atomic E-state index is 11.3. The summed E-state index contributed by atoms with van der Waals surface area (Å²) >= 11 is 0. The van der Waals surface area contributed by atoms with E-state index in [2.05, 4.69) is 6.92 Å². The van der Waals surface area contributed by atoms with Gasteiger partial charge in [-0.25, -0.2) is 0 Å². The summed E-state index contributed by atoms with van der Waals surface area (Å²) in [6.07, 6.45) is 21.7. The Labute approximate surface area is 145 Å². The van der Waals surface area contributed by atoms with Gasteiger partial charge in [-0.1, -0.05) is 110 Å². The van der Waals surface area contributed by atoms with Crippen molar-refractivity contribution in [2.75, 3.05) is 7.11 Å². The Morgan fingerprint density at radius 1 is 0.696 bits per heavy atom. The van der Waals surface area contributed by atoms with Crippen LogP contribution in [0.25, 0.3) is 0 Å². The normalized spacial score (nSPS) is 12.3. The van der Waals surface area contributed by atoms with Gasteiger partial charge in [-0.15, -0.1) is 0 Å². The molecule has 0 aromatic rings. The summed E-state index contributed by atoms with van der Waals surface area (Å²) < 4.78 is 4.75. The lowest BCUT2D eigenvalue weighted by molar-refractivity contribution is -0.145. The lowest BCUT2D eigenvalue weighted by Crippen LogP contribution is -2.12. The SMILES string of the molecule is CCCCCCCCCCCCCCCCCC(C)C(=O)OC. The van der Waals surface area contributed by atoms with Gasteiger partial charge in [0.25, 0.3) is 0 Å². The Kier molecular flexibility index (Phi) is 17.4. The molecule has 0 radical (unpaired) electrons. The topological polar surface area (TPSA) is 26.3 Å². The van der Waals surface area contributed by atoms with Crippen LogP contribution in [0, 0.1) is 5.92 Å². The van der Waals surface area contributed by atoms with E-state index in [0.717, 1.165) is 12.8 Å². The number of carbonyl (C=O) groups excluding carboxylic acids is 1.